The van der Waals surface area contributed by atoms with Crippen LogP contribution in [0.25, 0.3) is 16.7 Å². The van der Waals surface area contributed by atoms with Crippen LogP contribution in [0.4, 0.5) is 0 Å². The Morgan fingerprint density at radius 1 is 1.38 bits per heavy atom. The number of ether oxygens (including phenoxy) is 1. The third-order valence-electron chi connectivity index (χ3n) is 5.16. The fraction of sp³-hybridized carbons (Fsp3) is 0.429. The number of rotatable bonds is 7. The lowest BCUT2D eigenvalue weighted by Crippen LogP contribution is -2.36. The first-order chi connectivity index (χ1) is 13.9. The molecule has 8 heteroatoms. The number of amides is 1. The summed E-state index contributed by atoms with van der Waals surface area (Å²) in [7, 11) is 1.61. The Morgan fingerprint density at radius 3 is 2.83 bits per heavy atom. The first-order valence-electron chi connectivity index (χ1n) is 9.79. The summed E-state index contributed by atoms with van der Waals surface area (Å²) in [4.78, 5) is 30.7. The van der Waals surface area contributed by atoms with Crippen molar-refractivity contribution in [2.45, 2.75) is 39.7 Å². The predicted octanol–water partition coefficient (Wildman–Crippen LogP) is 2.17. The van der Waals surface area contributed by atoms with E-state index in [1.54, 1.807) is 23.9 Å². The number of aryl methyl sites for hydroxylation is 1. The maximum absolute atomic E-state index is 13.2. The molecular formula is C21H27N5O3. The normalized spacial score (nSPS) is 12.4. The van der Waals surface area contributed by atoms with Gasteiger partial charge in [-0.05, 0) is 44.4 Å². The van der Waals surface area contributed by atoms with Crippen molar-refractivity contribution in [3.05, 3.63) is 51.4 Å². The zero-order valence-corrected chi connectivity index (χ0v) is 17.3. The van der Waals surface area contributed by atoms with E-state index in [1.807, 2.05) is 26.8 Å². The molecule has 3 heterocycles. The van der Waals surface area contributed by atoms with Crippen molar-refractivity contribution in [3.8, 4) is 0 Å². The topological polar surface area (TPSA) is 101 Å². The van der Waals surface area contributed by atoms with Gasteiger partial charge in [-0.25, -0.2) is 4.98 Å². The minimum absolute atomic E-state index is 0.0564. The van der Waals surface area contributed by atoms with E-state index in [0.29, 0.717) is 36.3 Å². The summed E-state index contributed by atoms with van der Waals surface area (Å²) < 4.78 is 8.17. The van der Waals surface area contributed by atoms with Crippen LogP contribution in [0, 0.1) is 12.3 Å². The molecule has 0 saturated carbocycles. The van der Waals surface area contributed by atoms with Gasteiger partial charge in [0.15, 0.2) is 0 Å². The van der Waals surface area contributed by atoms with Crippen LogP contribution in [-0.4, -0.2) is 40.1 Å². The highest BCUT2D eigenvalue weighted by Crippen LogP contribution is 2.17. The van der Waals surface area contributed by atoms with E-state index in [1.165, 1.54) is 10.5 Å². The molecule has 0 bridgehead atoms. The molecule has 0 aliphatic carbocycles. The molecule has 0 aliphatic heterocycles. The SMILES string of the molecule is CCC(C)n1c(=N)c(C(=O)NCCCOC)cc2c(=O)n3cccc(C)c3nc21. The molecule has 3 aromatic heterocycles. The summed E-state index contributed by atoms with van der Waals surface area (Å²) >= 11 is 0. The Balaban J connectivity index is 2.27. The summed E-state index contributed by atoms with van der Waals surface area (Å²) in [5.41, 5.74) is 1.83. The second-order valence-corrected chi connectivity index (χ2v) is 7.18. The smallest absolute Gasteiger partial charge is 0.267 e. The molecule has 2 N–H and O–H groups in total. The van der Waals surface area contributed by atoms with Gasteiger partial charge >= 0.3 is 0 Å². The van der Waals surface area contributed by atoms with Crippen LogP contribution in [0.15, 0.2) is 29.2 Å². The van der Waals surface area contributed by atoms with Crippen molar-refractivity contribution in [2.75, 3.05) is 20.3 Å². The molecule has 8 nitrogen and oxygen atoms in total. The van der Waals surface area contributed by atoms with Crippen LogP contribution in [0.1, 0.15) is 48.7 Å². The molecule has 3 rings (SSSR count). The molecule has 1 unspecified atom stereocenters. The first-order valence-corrected chi connectivity index (χ1v) is 9.79. The average Bonchev–Trinajstić information content (AvgIpc) is 2.71. The molecule has 1 amide bonds. The van der Waals surface area contributed by atoms with Gasteiger partial charge in [0.25, 0.3) is 11.5 Å². The summed E-state index contributed by atoms with van der Waals surface area (Å²) in [5.74, 6) is -0.376. The zero-order chi connectivity index (χ0) is 21.1. The molecular weight excluding hydrogens is 370 g/mol. The minimum atomic E-state index is -0.376. The van der Waals surface area contributed by atoms with E-state index in [9.17, 15) is 9.59 Å². The predicted molar refractivity (Wildman–Crippen MR) is 111 cm³/mol. The molecule has 0 radical (unpaired) electrons. The highest BCUT2D eigenvalue weighted by Gasteiger charge is 2.19. The second kappa shape index (κ2) is 8.57. The van der Waals surface area contributed by atoms with Gasteiger partial charge in [-0.3, -0.25) is 19.4 Å². The van der Waals surface area contributed by atoms with Crippen LogP contribution in [0.2, 0.25) is 0 Å². The van der Waals surface area contributed by atoms with Crippen LogP contribution in [0.5, 0.6) is 0 Å². The summed E-state index contributed by atoms with van der Waals surface area (Å²) in [5, 5.41) is 11.8. The number of hydrogen-bond acceptors (Lipinski definition) is 5. The largest absolute Gasteiger partial charge is 0.385 e. The van der Waals surface area contributed by atoms with Gasteiger partial charge in [0.05, 0.1) is 10.9 Å². The Bertz CT molecular complexity index is 1180. The first kappa shape index (κ1) is 20.7. The molecule has 1 atom stereocenters. The van der Waals surface area contributed by atoms with Gasteiger partial charge in [0.1, 0.15) is 16.8 Å². The second-order valence-electron chi connectivity index (χ2n) is 7.18. The van der Waals surface area contributed by atoms with E-state index >= 15 is 0 Å². The number of pyridine rings is 2. The summed E-state index contributed by atoms with van der Waals surface area (Å²) in [6.45, 7) is 6.82. The molecule has 29 heavy (non-hydrogen) atoms. The van der Waals surface area contributed by atoms with Crippen molar-refractivity contribution in [1.82, 2.24) is 19.3 Å². The van der Waals surface area contributed by atoms with Crippen molar-refractivity contribution in [3.63, 3.8) is 0 Å². The van der Waals surface area contributed by atoms with Crippen molar-refractivity contribution >= 4 is 22.6 Å². The van der Waals surface area contributed by atoms with E-state index in [2.05, 4.69) is 5.32 Å². The molecule has 0 aliphatic rings. The van der Waals surface area contributed by atoms with Crippen molar-refractivity contribution in [2.24, 2.45) is 0 Å². The average molecular weight is 397 g/mol. The number of nitrogens with one attached hydrogen (secondary N) is 2. The van der Waals surface area contributed by atoms with Crippen LogP contribution >= 0.6 is 0 Å². The minimum Gasteiger partial charge on any atom is -0.385 e. The van der Waals surface area contributed by atoms with E-state index in [0.717, 1.165) is 12.0 Å². The Morgan fingerprint density at radius 2 is 2.14 bits per heavy atom. The number of fused-ring (bicyclic) bond motifs is 2. The Hall–Kier alpha value is -3.00. The Labute approximate surface area is 168 Å². The molecule has 0 spiro atoms. The van der Waals surface area contributed by atoms with E-state index in [4.69, 9.17) is 15.1 Å². The van der Waals surface area contributed by atoms with Crippen LogP contribution in [-0.2, 0) is 4.74 Å². The maximum Gasteiger partial charge on any atom is 0.267 e. The van der Waals surface area contributed by atoms with E-state index < -0.39 is 0 Å². The molecule has 154 valence electrons. The number of carbonyl (C=O) groups is 1. The molecule has 0 aromatic carbocycles. The highest BCUT2D eigenvalue weighted by atomic mass is 16.5. The van der Waals surface area contributed by atoms with E-state index in [-0.39, 0.29) is 28.6 Å². The lowest BCUT2D eigenvalue weighted by molar-refractivity contribution is 0.0946. The van der Waals surface area contributed by atoms with Gasteiger partial charge < -0.3 is 14.6 Å². The third kappa shape index (κ3) is 3.80. The van der Waals surface area contributed by atoms with Gasteiger partial charge in [-0.15, -0.1) is 0 Å². The number of methoxy groups -OCH3 is 1. The standard InChI is InChI=1S/C21H27N5O3/c1-5-14(3)26-17(22)15(20(27)23-9-7-11-29-4)12-16-19(26)24-18-13(2)8-6-10-25(18)21(16)28/h6,8,10,12,14,22H,5,7,9,11H2,1-4H3,(H,23,27). The lowest BCUT2D eigenvalue weighted by Gasteiger charge is -2.19. The maximum atomic E-state index is 13.2. The number of nitrogens with zero attached hydrogens (tertiary/aromatic N) is 3. The third-order valence-corrected chi connectivity index (χ3v) is 5.16. The fourth-order valence-corrected chi connectivity index (χ4v) is 3.36. The number of carbonyl (C=O) groups excluding carboxylic acids is 1. The molecule has 3 aromatic rings. The summed E-state index contributed by atoms with van der Waals surface area (Å²) in [6.07, 6.45) is 3.08. The van der Waals surface area contributed by atoms with Crippen molar-refractivity contribution in [1.29, 1.82) is 5.41 Å². The zero-order valence-electron chi connectivity index (χ0n) is 17.3. The monoisotopic (exact) mass is 397 g/mol. The van der Waals surface area contributed by atoms with Crippen LogP contribution < -0.4 is 16.4 Å². The number of aromatic nitrogens is 3. The molecule has 0 fully saturated rings. The quantitative estimate of drug-likeness (QED) is 0.471. The van der Waals surface area contributed by atoms with Gasteiger partial charge in [0.2, 0.25) is 0 Å². The Kier molecular flexibility index (Phi) is 6.12. The lowest BCUT2D eigenvalue weighted by atomic mass is 10.1. The van der Waals surface area contributed by atoms with Crippen LogP contribution in [0.3, 0.4) is 0 Å². The van der Waals surface area contributed by atoms with Gasteiger partial charge in [0, 0.05) is 32.5 Å². The fourth-order valence-electron chi connectivity index (χ4n) is 3.36. The molecule has 0 saturated heterocycles. The van der Waals surface area contributed by atoms with Gasteiger partial charge in [-0.1, -0.05) is 13.0 Å². The number of hydrogen-bond donors (Lipinski definition) is 2. The summed E-state index contributed by atoms with van der Waals surface area (Å²) in [6, 6.07) is 5.09. The highest BCUT2D eigenvalue weighted by molar-refractivity contribution is 5.96. The van der Waals surface area contributed by atoms with Gasteiger partial charge in [-0.2, -0.15) is 0 Å². The van der Waals surface area contributed by atoms with Crippen molar-refractivity contribution < 1.29 is 9.53 Å².